The molecule has 0 amide bonds. The molecule has 0 N–H and O–H groups in total. The molecule has 3 aromatic carbocycles. The molecule has 4 bridgehead atoms. The average molecular weight is 555 g/mol. The van der Waals surface area contributed by atoms with Gasteiger partial charge in [-0.15, -0.1) is 0 Å². The van der Waals surface area contributed by atoms with E-state index in [1.54, 1.807) is 0 Å². The van der Waals surface area contributed by atoms with Gasteiger partial charge in [-0.3, -0.25) is 0 Å². The van der Waals surface area contributed by atoms with Gasteiger partial charge in [0.2, 0.25) is 0 Å². The highest BCUT2D eigenvalue weighted by molar-refractivity contribution is 7.97. The number of carbonyl (C=O) groups is 1. The largest absolute Gasteiger partial charge is 0.550 e. The van der Waals surface area contributed by atoms with Crippen LogP contribution >= 0.6 is 0 Å². The Labute approximate surface area is 245 Å². The lowest BCUT2D eigenvalue weighted by Crippen LogP contribution is -2.54. The number of hydrogen-bond donors (Lipinski definition) is 0. The first kappa shape index (κ1) is 29.0. The zero-order valence-corrected chi connectivity index (χ0v) is 26.0. The molecule has 3 heteroatoms. The predicted octanol–water partition coefficient (Wildman–Crippen LogP) is 8.33. The molecule has 7 rings (SSSR count). The minimum absolute atomic E-state index is 0.0847. The van der Waals surface area contributed by atoms with Gasteiger partial charge >= 0.3 is 0 Å². The van der Waals surface area contributed by atoms with E-state index in [9.17, 15) is 9.90 Å². The van der Waals surface area contributed by atoms with E-state index >= 15 is 0 Å². The predicted molar refractivity (Wildman–Crippen MR) is 165 cm³/mol. The van der Waals surface area contributed by atoms with E-state index in [1.807, 2.05) is 0 Å². The van der Waals surface area contributed by atoms with Crippen LogP contribution in [-0.2, 0) is 26.5 Å². The lowest BCUT2D eigenvalue weighted by Gasteiger charge is -2.57. The molecule has 0 atom stereocenters. The summed E-state index contributed by atoms with van der Waals surface area (Å²) in [6.07, 6.45) is 6.65. The van der Waals surface area contributed by atoms with Gasteiger partial charge < -0.3 is 9.90 Å². The normalized spacial score (nSPS) is 25.4. The average Bonchev–Trinajstić information content (AvgIpc) is 2.89. The summed E-state index contributed by atoms with van der Waals surface area (Å²) in [6.45, 7) is 13.6. The van der Waals surface area contributed by atoms with Gasteiger partial charge in [-0.25, -0.2) is 0 Å². The van der Waals surface area contributed by atoms with E-state index in [1.165, 1.54) is 45.1 Å². The number of hydrogen-bond acceptors (Lipinski definition) is 2. The van der Waals surface area contributed by atoms with Crippen LogP contribution in [0.1, 0.15) is 91.2 Å². The molecule has 0 unspecified atom stereocenters. The maximum absolute atomic E-state index is 11.1. The van der Waals surface area contributed by atoms with Crippen molar-refractivity contribution in [2.75, 3.05) is 0 Å². The molecule has 2 nitrogen and oxygen atoms in total. The number of carboxylic acid groups (broad SMARTS) is 1. The fourth-order valence-electron chi connectivity index (χ4n) is 7.51. The highest BCUT2D eigenvalue weighted by Crippen LogP contribution is 2.59. The first-order valence-corrected chi connectivity index (χ1v) is 16.3. The number of carbonyl (C=O) groups excluding carboxylic acids is 1. The van der Waals surface area contributed by atoms with Crippen molar-refractivity contribution < 1.29 is 9.90 Å². The molecule has 0 aliphatic heterocycles. The molecule has 4 saturated carbocycles. The number of carboxylic acids is 1. The third-order valence-electron chi connectivity index (χ3n) is 9.36. The molecule has 212 valence electrons. The van der Waals surface area contributed by atoms with Crippen molar-refractivity contribution in [3.05, 3.63) is 90.0 Å². The summed E-state index contributed by atoms with van der Waals surface area (Å²) < 4.78 is 0. The van der Waals surface area contributed by atoms with Crippen LogP contribution in [-0.4, -0.2) is 5.97 Å². The fraction of sp³-hybridized carbons (Fsp3) is 0.486. The molecule has 40 heavy (non-hydrogen) atoms. The van der Waals surface area contributed by atoms with Crippen LogP contribution in [0.5, 0.6) is 0 Å². The van der Waals surface area contributed by atoms with Crippen molar-refractivity contribution in [1.29, 1.82) is 0 Å². The number of benzene rings is 3. The van der Waals surface area contributed by atoms with E-state index in [0.29, 0.717) is 17.8 Å². The minimum atomic E-state index is -0.758. The van der Waals surface area contributed by atoms with E-state index < -0.39 is 11.4 Å². The summed E-state index contributed by atoms with van der Waals surface area (Å²) >= 11 is 0. The summed E-state index contributed by atoms with van der Waals surface area (Å²) in [5.74, 6) is 1.38. The van der Waals surface area contributed by atoms with Gasteiger partial charge in [-0.2, -0.15) is 0 Å². The molecule has 0 spiro atoms. The second-order valence-electron chi connectivity index (χ2n) is 14.7. The Kier molecular flexibility index (Phi) is 8.00. The Bertz CT molecular complexity index is 1200. The molecule has 4 aliphatic rings. The zero-order chi connectivity index (χ0) is 28.7. The second-order valence-corrected chi connectivity index (χ2v) is 16.7. The third kappa shape index (κ3) is 6.20. The van der Waals surface area contributed by atoms with Crippen molar-refractivity contribution in [1.82, 2.24) is 0 Å². The molecule has 0 heterocycles. The smallest absolute Gasteiger partial charge is 0.166 e. The van der Waals surface area contributed by atoms with Crippen molar-refractivity contribution in [3.8, 4) is 0 Å². The van der Waals surface area contributed by atoms with E-state index in [0.717, 1.165) is 19.3 Å². The SMILES string of the molecule is CC(C)(C)c1ccc([S+](c2ccccc2)c2ccc(C(C)(C)C)cc2)cc1.O=C([O-])C12CC3CC(CC(C3)C1)C2. The zero-order valence-electron chi connectivity index (χ0n) is 25.2. The molecular formula is C37H46O2S. The van der Waals surface area contributed by atoms with Gasteiger partial charge in [0.05, 0.1) is 10.9 Å². The third-order valence-corrected chi connectivity index (χ3v) is 11.6. The summed E-state index contributed by atoms with van der Waals surface area (Å²) in [5.41, 5.74) is 2.72. The van der Waals surface area contributed by atoms with Gasteiger partial charge in [-0.05, 0) is 115 Å². The Hall–Kier alpha value is -2.52. The van der Waals surface area contributed by atoms with Crippen molar-refractivity contribution in [3.63, 3.8) is 0 Å². The van der Waals surface area contributed by atoms with Gasteiger partial charge in [-0.1, -0.05) is 84.0 Å². The fourth-order valence-corrected chi connectivity index (χ4v) is 9.57. The number of aliphatic carboxylic acids is 1. The first-order chi connectivity index (χ1) is 18.8. The second kappa shape index (κ2) is 11.0. The van der Waals surface area contributed by atoms with Crippen molar-refractivity contribution in [2.45, 2.75) is 106 Å². The summed E-state index contributed by atoms with van der Waals surface area (Å²) in [7, 11) is -0.0847. The lowest BCUT2D eigenvalue weighted by molar-refractivity contribution is -0.327. The van der Waals surface area contributed by atoms with Crippen LogP contribution in [0.3, 0.4) is 0 Å². The molecule has 0 saturated heterocycles. The van der Waals surface area contributed by atoms with E-state index in [-0.39, 0.29) is 21.7 Å². The van der Waals surface area contributed by atoms with E-state index in [2.05, 4.69) is 120 Å². The molecule has 0 aromatic heterocycles. The molecule has 4 fully saturated rings. The van der Waals surface area contributed by atoms with Crippen LogP contribution in [0.15, 0.2) is 93.5 Å². The highest BCUT2D eigenvalue weighted by Gasteiger charge is 2.51. The first-order valence-electron chi connectivity index (χ1n) is 15.1. The van der Waals surface area contributed by atoms with Crippen LogP contribution in [0, 0.1) is 23.2 Å². The van der Waals surface area contributed by atoms with Gasteiger partial charge in [0, 0.05) is 11.4 Å². The van der Waals surface area contributed by atoms with Crippen molar-refractivity contribution >= 4 is 16.9 Å². The van der Waals surface area contributed by atoms with Crippen LogP contribution in [0.2, 0.25) is 0 Å². The molecular weight excluding hydrogens is 508 g/mol. The van der Waals surface area contributed by atoms with Gasteiger partial charge in [0.1, 0.15) is 0 Å². The Morgan fingerprint density at radius 3 is 1.30 bits per heavy atom. The van der Waals surface area contributed by atoms with Crippen LogP contribution in [0.4, 0.5) is 0 Å². The number of rotatable bonds is 4. The summed E-state index contributed by atoms with van der Waals surface area (Å²) in [5, 5.41) is 11.1. The van der Waals surface area contributed by atoms with Crippen LogP contribution < -0.4 is 5.11 Å². The standard InChI is InChI=1S/C26H31S.C11H16O2/c1-25(2,3)20-12-16-23(17-13-20)27(22-10-8-7-9-11-22)24-18-14-21(15-19-24)26(4,5)6;12-10(13)11-4-7-1-8(5-11)3-9(2-7)6-11/h7-19H,1-6H3;7-9H,1-6H2,(H,12,13)/q+1;/p-1. The summed E-state index contributed by atoms with van der Waals surface area (Å²) in [6, 6.07) is 29.3. The lowest BCUT2D eigenvalue weighted by atomic mass is 9.49. The Morgan fingerprint density at radius 2 is 0.975 bits per heavy atom. The summed E-state index contributed by atoms with van der Waals surface area (Å²) in [4.78, 5) is 15.3. The van der Waals surface area contributed by atoms with Gasteiger partial charge in [0.15, 0.2) is 14.7 Å². The Balaban J connectivity index is 0.000000204. The van der Waals surface area contributed by atoms with E-state index in [4.69, 9.17) is 0 Å². The maximum Gasteiger partial charge on any atom is 0.166 e. The quantitative estimate of drug-likeness (QED) is 0.304. The minimum Gasteiger partial charge on any atom is -0.550 e. The van der Waals surface area contributed by atoms with Gasteiger partial charge in [0.25, 0.3) is 0 Å². The monoisotopic (exact) mass is 554 g/mol. The molecule has 0 radical (unpaired) electrons. The molecule has 3 aromatic rings. The van der Waals surface area contributed by atoms with Crippen molar-refractivity contribution in [2.24, 2.45) is 23.2 Å². The maximum atomic E-state index is 11.1. The molecule has 4 aliphatic carbocycles. The van der Waals surface area contributed by atoms with Crippen LogP contribution in [0.25, 0.3) is 0 Å². The highest BCUT2D eigenvalue weighted by atomic mass is 32.2. The topological polar surface area (TPSA) is 40.1 Å². The Morgan fingerprint density at radius 1 is 0.625 bits per heavy atom.